The molecule has 3 N–H and O–H groups in total. The summed E-state index contributed by atoms with van der Waals surface area (Å²) in [4.78, 5) is 21.5. The van der Waals surface area contributed by atoms with Crippen LogP contribution in [0.3, 0.4) is 0 Å². The molecule has 9 nitrogen and oxygen atoms in total. The van der Waals surface area contributed by atoms with E-state index in [-0.39, 0.29) is 60.0 Å². The largest absolute Gasteiger partial charge is 0.488 e. The number of hydrogen-bond donors (Lipinski definition) is 2. The minimum absolute atomic E-state index is 0.00740. The molecule has 3 aromatic rings. The third-order valence-electron chi connectivity index (χ3n) is 7.39. The summed E-state index contributed by atoms with van der Waals surface area (Å²) in [6.45, 7) is 1.41. The van der Waals surface area contributed by atoms with Crippen LogP contribution in [0.25, 0.3) is 0 Å². The van der Waals surface area contributed by atoms with Gasteiger partial charge < -0.3 is 20.3 Å². The van der Waals surface area contributed by atoms with E-state index in [1.807, 2.05) is 0 Å². The standard InChI is InChI=1S/C29H27F6N5O4/c1-3-27(37)13-20(19-12-18(28(30,31)32)7-8-21(19)40(27)26(41)42)25-38-15-22(44-10-9-43-2)24(39-25)23(29(33,34)35)17-6-4-5-16(11-17)14-36/h4-8,11-12,15,20,23H,3,9-10,13,37H2,1-2H3,(H,41,42)/t20-,23?,27+/m0/s1. The number of nitriles is 1. The SMILES string of the molecule is CC[C@]1(N)C[C@H](c2ncc(OCCOC)c(C(c3cccc(C#N)c3)C(F)(F)F)n2)c2cc(C(F)(F)F)ccc2N1C(=O)O. The van der Waals surface area contributed by atoms with E-state index >= 15 is 0 Å². The molecule has 15 heteroatoms. The molecule has 0 saturated carbocycles. The zero-order valence-corrected chi connectivity index (χ0v) is 23.4. The first-order chi connectivity index (χ1) is 20.6. The molecule has 1 aliphatic rings. The molecule has 44 heavy (non-hydrogen) atoms. The Morgan fingerprint density at radius 3 is 2.52 bits per heavy atom. The molecule has 1 aliphatic heterocycles. The number of hydrogen-bond acceptors (Lipinski definition) is 7. The number of nitrogens with two attached hydrogens (primary N) is 1. The molecule has 1 aromatic heterocycles. The van der Waals surface area contributed by atoms with E-state index in [4.69, 9.17) is 15.2 Å². The van der Waals surface area contributed by atoms with Crippen molar-refractivity contribution in [2.45, 2.75) is 49.6 Å². The van der Waals surface area contributed by atoms with Gasteiger partial charge in [-0.05, 0) is 54.3 Å². The molecule has 0 saturated heterocycles. The second-order valence-electron chi connectivity index (χ2n) is 10.1. The molecule has 4 rings (SSSR count). The van der Waals surface area contributed by atoms with Gasteiger partial charge in [0.15, 0.2) is 5.75 Å². The minimum atomic E-state index is -4.96. The van der Waals surface area contributed by atoms with Crippen LogP contribution in [-0.2, 0) is 10.9 Å². The molecule has 234 valence electrons. The fraction of sp³-hybridized carbons (Fsp3) is 0.379. The van der Waals surface area contributed by atoms with Crippen molar-refractivity contribution >= 4 is 11.8 Å². The number of anilines is 1. The lowest BCUT2D eigenvalue weighted by molar-refractivity contribution is -0.142. The van der Waals surface area contributed by atoms with Gasteiger partial charge >= 0.3 is 18.4 Å². The van der Waals surface area contributed by atoms with E-state index in [9.17, 15) is 41.5 Å². The fourth-order valence-corrected chi connectivity index (χ4v) is 5.24. The first-order valence-corrected chi connectivity index (χ1v) is 13.2. The van der Waals surface area contributed by atoms with Gasteiger partial charge in [0.1, 0.15) is 29.7 Å². The Morgan fingerprint density at radius 2 is 1.93 bits per heavy atom. The van der Waals surface area contributed by atoms with E-state index in [1.54, 1.807) is 13.0 Å². The average Bonchev–Trinajstić information content (AvgIpc) is 2.96. The summed E-state index contributed by atoms with van der Waals surface area (Å²) in [5.41, 5.74) is 2.35. The summed E-state index contributed by atoms with van der Waals surface area (Å²) in [7, 11) is 1.36. The van der Waals surface area contributed by atoms with Gasteiger partial charge in [-0.1, -0.05) is 19.1 Å². The highest BCUT2D eigenvalue weighted by atomic mass is 19.4. The molecular formula is C29H27F6N5O4. The summed E-state index contributed by atoms with van der Waals surface area (Å²) >= 11 is 0. The van der Waals surface area contributed by atoms with Crippen LogP contribution in [0.2, 0.25) is 0 Å². The van der Waals surface area contributed by atoms with Gasteiger partial charge in [-0.3, -0.25) is 4.90 Å². The summed E-state index contributed by atoms with van der Waals surface area (Å²) in [6.07, 6.45) is -10.6. The number of carboxylic acid groups (broad SMARTS) is 1. The highest BCUT2D eigenvalue weighted by Gasteiger charge is 2.48. The molecule has 1 amide bonds. The van der Waals surface area contributed by atoms with Crippen LogP contribution in [0.15, 0.2) is 48.7 Å². The van der Waals surface area contributed by atoms with Crippen LogP contribution in [-0.4, -0.2) is 53.3 Å². The van der Waals surface area contributed by atoms with Crippen LogP contribution in [0.1, 0.15) is 65.4 Å². The molecule has 0 bridgehead atoms. The van der Waals surface area contributed by atoms with Crippen LogP contribution in [0, 0.1) is 11.3 Å². The number of ether oxygens (including phenoxy) is 2. The lowest BCUT2D eigenvalue weighted by Gasteiger charge is -2.46. The van der Waals surface area contributed by atoms with E-state index in [0.29, 0.717) is 6.07 Å². The maximum atomic E-state index is 14.8. The predicted octanol–water partition coefficient (Wildman–Crippen LogP) is 6.17. The monoisotopic (exact) mass is 623 g/mol. The summed E-state index contributed by atoms with van der Waals surface area (Å²) in [5, 5.41) is 19.3. The highest BCUT2D eigenvalue weighted by Crippen LogP contribution is 2.48. The summed E-state index contributed by atoms with van der Waals surface area (Å²) < 4.78 is 96.0. The van der Waals surface area contributed by atoms with E-state index in [2.05, 4.69) is 9.97 Å². The van der Waals surface area contributed by atoms with Crippen LogP contribution < -0.4 is 15.4 Å². The Balaban J connectivity index is 1.99. The van der Waals surface area contributed by atoms with Gasteiger partial charge in [-0.2, -0.15) is 31.6 Å². The third kappa shape index (κ3) is 6.41. The number of carbonyl (C=O) groups is 1. The van der Waals surface area contributed by atoms with E-state index in [0.717, 1.165) is 35.4 Å². The maximum Gasteiger partial charge on any atom is 0.416 e. The molecule has 0 radical (unpaired) electrons. The number of amides is 1. The van der Waals surface area contributed by atoms with Crippen molar-refractivity contribution < 1.29 is 45.7 Å². The second kappa shape index (κ2) is 12.3. The van der Waals surface area contributed by atoms with Gasteiger partial charge in [0.2, 0.25) is 0 Å². The lowest BCUT2D eigenvalue weighted by Crippen LogP contribution is -2.61. The number of methoxy groups -OCH3 is 1. The summed E-state index contributed by atoms with van der Waals surface area (Å²) in [5.74, 6) is -4.35. The molecule has 3 atom stereocenters. The Kier molecular flexibility index (Phi) is 9.08. The van der Waals surface area contributed by atoms with Crippen molar-refractivity contribution in [2.75, 3.05) is 25.2 Å². The quantitative estimate of drug-likeness (QED) is 0.225. The molecule has 0 spiro atoms. The Labute approximate surface area is 247 Å². The zero-order chi connectivity index (χ0) is 32.4. The van der Waals surface area contributed by atoms with E-state index in [1.165, 1.54) is 19.2 Å². The van der Waals surface area contributed by atoms with Crippen molar-refractivity contribution in [3.05, 3.63) is 82.4 Å². The topological polar surface area (TPSA) is 135 Å². The number of fused-ring (bicyclic) bond motifs is 1. The Morgan fingerprint density at radius 1 is 1.20 bits per heavy atom. The van der Waals surface area contributed by atoms with Crippen molar-refractivity contribution in [1.29, 1.82) is 5.26 Å². The Hall–Kier alpha value is -4.42. The molecule has 2 heterocycles. The number of rotatable bonds is 8. The molecule has 2 aromatic carbocycles. The fourth-order valence-electron chi connectivity index (χ4n) is 5.24. The zero-order valence-electron chi connectivity index (χ0n) is 23.4. The molecule has 1 unspecified atom stereocenters. The first-order valence-electron chi connectivity index (χ1n) is 13.2. The minimum Gasteiger partial charge on any atom is -0.488 e. The molecule has 0 aliphatic carbocycles. The van der Waals surface area contributed by atoms with Gasteiger partial charge in [-0.15, -0.1) is 0 Å². The lowest BCUT2D eigenvalue weighted by atomic mass is 9.80. The number of benzene rings is 2. The number of nitrogens with zero attached hydrogens (tertiary/aromatic N) is 4. The maximum absolute atomic E-state index is 14.8. The van der Waals surface area contributed by atoms with Crippen molar-refractivity contribution in [1.82, 2.24) is 9.97 Å². The number of halogens is 6. The second-order valence-corrected chi connectivity index (χ2v) is 10.1. The van der Waals surface area contributed by atoms with Crippen molar-refractivity contribution in [3.63, 3.8) is 0 Å². The summed E-state index contributed by atoms with van der Waals surface area (Å²) in [6, 6.07) is 9.02. The van der Waals surface area contributed by atoms with Crippen LogP contribution in [0.4, 0.5) is 36.8 Å². The van der Waals surface area contributed by atoms with Crippen LogP contribution >= 0.6 is 0 Å². The van der Waals surface area contributed by atoms with Gasteiger partial charge in [0.25, 0.3) is 0 Å². The van der Waals surface area contributed by atoms with Crippen molar-refractivity contribution in [2.24, 2.45) is 5.73 Å². The Bertz CT molecular complexity index is 1580. The molecule has 0 fully saturated rings. The van der Waals surface area contributed by atoms with Gasteiger partial charge in [-0.25, -0.2) is 14.8 Å². The smallest absolute Gasteiger partial charge is 0.416 e. The molecular weight excluding hydrogens is 596 g/mol. The third-order valence-corrected chi connectivity index (χ3v) is 7.39. The van der Waals surface area contributed by atoms with Crippen LogP contribution in [0.5, 0.6) is 5.75 Å². The van der Waals surface area contributed by atoms with Gasteiger partial charge in [0.05, 0.1) is 35.7 Å². The van der Waals surface area contributed by atoms with E-state index < -0.39 is 47.2 Å². The predicted molar refractivity (Wildman–Crippen MR) is 144 cm³/mol. The average molecular weight is 624 g/mol. The highest BCUT2D eigenvalue weighted by molar-refractivity contribution is 5.90. The normalized spacial score (nSPS) is 19.2. The van der Waals surface area contributed by atoms with Gasteiger partial charge in [0, 0.05) is 13.0 Å². The first kappa shape index (κ1) is 32.5. The van der Waals surface area contributed by atoms with Crippen molar-refractivity contribution in [3.8, 4) is 11.8 Å². The number of aromatic nitrogens is 2. The number of alkyl halides is 6.